The van der Waals surface area contributed by atoms with Crippen molar-refractivity contribution in [2.45, 2.75) is 91.9 Å². The average Bonchev–Trinajstić information content (AvgIpc) is 3.04. The number of unbranched alkanes of at least 4 members (excludes halogenated alkanes) is 1. The van der Waals surface area contributed by atoms with Crippen LogP contribution in [0.3, 0.4) is 0 Å². The van der Waals surface area contributed by atoms with Crippen molar-refractivity contribution in [2.24, 2.45) is 23.7 Å². The van der Waals surface area contributed by atoms with E-state index in [2.05, 4.69) is 25.8 Å². The predicted octanol–water partition coefficient (Wildman–Crippen LogP) is 4.00. The lowest BCUT2D eigenvalue weighted by atomic mass is 9.83. The molecule has 1 aliphatic rings. The van der Waals surface area contributed by atoms with Gasteiger partial charge in [0.2, 0.25) is 5.91 Å². The van der Waals surface area contributed by atoms with E-state index in [4.69, 9.17) is 23.7 Å². The lowest BCUT2D eigenvalue weighted by Gasteiger charge is -2.33. The Balaban J connectivity index is 2.08. The van der Waals surface area contributed by atoms with E-state index in [1.807, 2.05) is 27.7 Å². The van der Waals surface area contributed by atoms with Gasteiger partial charge in [0, 0.05) is 58.6 Å². The molecule has 0 aromatic carbocycles. The number of hydrogen-bond donors (Lipinski definition) is 4. The van der Waals surface area contributed by atoms with Crippen molar-refractivity contribution in [3.63, 3.8) is 0 Å². The number of nitrogens with one attached hydrogen (secondary N) is 3. The molecule has 14 nitrogen and oxygen atoms in total. The summed E-state index contributed by atoms with van der Waals surface area (Å²) < 4.78 is 27.3. The summed E-state index contributed by atoms with van der Waals surface area (Å²) in [4.78, 5) is 45.6. The standard InChI is InChI=1S/C36H63N5O9/c1-25(2)27(24-39-34(44)49-33-31(12-11-13-38-33)48-19-10-9-18-46-8)22-29(40-35(45)50-36(5,6)7)30(42)23-28(26(3)4)32(43)37-14-15-41-16-20-47-21-17-41/h11-13,25-30,42H,9-10,14-24H2,1-8H3,(H,37,43)(H,39,44)(H,40,45)/t27-,28+,29+,30+/m1/s1. The zero-order chi connectivity index (χ0) is 37.1. The van der Waals surface area contributed by atoms with Crippen molar-refractivity contribution in [1.82, 2.24) is 25.8 Å². The molecule has 1 aromatic heterocycles. The monoisotopic (exact) mass is 709 g/mol. The summed E-state index contributed by atoms with van der Waals surface area (Å²) >= 11 is 0. The van der Waals surface area contributed by atoms with Crippen molar-refractivity contribution in [3.8, 4) is 11.6 Å². The summed E-state index contributed by atoms with van der Waals surface area (Å²) in [6.45, 7) is 18.7. The Bertz CT molecular complexity index is 1140. The number of aliphatic hydroxyl groups is 1. The molecule has 4 atom stereocenters. The number of aromatic nitrogens is 1. The summed E-state index contributed by atoms with van der Waals surface area (Å²) in [6, 6.07) is 2.63. The van der Waals surface area contributed by atoms with E-state index in [1.54, 1.807) is 40.0 Å². The minimum absolute atomic E-state index is 0.0515. The molecule has 1 saturated heterocycles. The lowest BCUT2D eigenvalue weighted by molar-refractivity contribution is -0.127. The average molecular weight is 710 g/mol. The highest BCUT2D eigenvalue weighted by Crippen LogP contribution is 2.26. The number of amides is 3. The summed E-state index contributed by atoms with van der Waals surface area (Å²) in [5, 5.41) is 20.3. The Morgan fingerprint density at radius 3 is 2.34 bits per heavy atom. The number of carbonyl (C=O) groups excluding carboxylic acids is 3. The molecule has 1 aromatic rings. The molecule has 0 saturated carbocycles. The van der Waals surface area contributed by atoms with Gasteiger partial charge in [0.1, 0.15) is 5.60 Å². The number of alkyl carbamates (subject to hydrolysis) is 1. The second-order valence-electron chi connectivity index (χ2n) is 14.5. The van der Waals surface area contributed by atoms with Crippen LogP contribution in [0.5, 0.6) is 11.6 Å². The van der Waals surface area contributed by atoms with Gasteiger partial charge in [-0.05, 0) is 76.3 Å². The van der Waals surface area contributed by atoms with E-state index in [-0.39, 0.29) is 42.5 Å². The minimum atomic E-state index is -1.06. The molecular weight excluding hydrogens is 646 g/mol. The largest absolute Gasteiger partial charge is 0.488 e. The topological polar surface area (TPSA) is 170 Å². The van der Waals surface area contributed by atoms with Crippen molar-refractivity contribution in [3.05, 3.63) is 18.3 Å². The zero-order valence-corrected chi connectivity index (χ0v) is 31.5. The van der Waals surface area contributed by atoms with E-state index in [9.17, 15) is 19.5 Å². The molecule has 2 rings (SSSR count). The van der Waals surface area contributed by atoms with Crippen LogP contribution >= 0.6 is 0 Å². The summed E-state index contributed by atoms with van der Waals surface area (Å²) in [6.07, 6.45) is 1.12. The van der Waals surface area contributed by atoms with Gasteiger partial charge < -0.3 is 44.7 Å². The van der Waals surface area contributed by atoms with Crippen LogP contribution in [-0.2, 0) is 19.0 Å². The number of morpholine rings is 1. The third-order valence-electron chi connectivity index (χ3n) is 8.57. The molecule has 0 bridgehead atoms. The smallest absolute Gasteiger partial charge is 0.414 e. The predicted molar refractivity (Wildman–Crippen MR) is 190 cm³/mol. The summed E-state index contributed by atoms with van der Waals surface area (Å²) in [5.74, 6) is -0.402. The van der Waals surface area contributed by atoms with Crippen LogP contribution in [0, 0.1) is 23.7 Å². The van der Waals surface area contributed by atoms with Crippen LogP contribution in [0.2, 0.25) is 0 Å². The van der Waals surface area contributed by atoms with Crippen molar-refractivity contribution in [2.75, 3.05) is 66.3 Å². The van der Waals surface area contributed by atoms with E-state index >= 15 is 0 Å². The van der Waals surface area contributed by atoms with Gasteiger partial charge in [-0.3, -0.25) is 9.69 Å². The second kappa shape index (κ2) is 22.6. The summed E-state index contributed by atoms with van der Waals surface area (Å²) in [7, 11) is 1.65. The number of aliphatic hydroxyl groups excluding tert-OH is 1. The highest BCUT2D eigenvalue weighted by molar-refractivity contribution is 5.79. The Labute approximate surface area is 298 Å². The normalized spacial score (nSPS) is 16.3. The van der Waals surface area contributed by atoms with Gasteiger partial charge in [-0.25, -0.2) is 14.6 Å². The first-order valence-corrected chi connectivity index (χ1v) is 18.0. The first kappa shape index (κ1) is 43.0. The molecule has 0 spiro atoms. The molecular formula is C36H63N5O9. The van der Waals surface area contributed by atoms with Crippen LogP contribution in [0.1, 0.15) is 74.1 Å². The third kappa shape index (κ3) is 17.1. The first-order chi connectivity index (χ1) is 23.7. The number of nitrogens with zero attached hydrogens (tertiary/aromatic N) is 2. The molecule has 0 radical (unpaired) electrons. The Morgan fingerprint density at radius 2 is 1.70 bits per heavy atom. The molecule has 0 unspecified atom stereocenters. The van der Waals surface area contributed by atoms with Crippen molar-refractivity contribution < 1.29 is 43.2 Å². The van der Waals surface area contributed by atoms with Crippen LogP contribution in [0.15, 0.2) is 18.3 Å². The third-order valence-corrected chi connectivity index (χ3v) is 8.57. The molecule has 2 heterocycles. The van der Waals surface area contributed by atoms with Crippen LogP contribution in [0.25, 0.3) is 0 Å². The maximum Gasteiger partial charge on any atom is 0.414 e. The molecule has 14 heteroatoms. The molecule has 0 aliphatic carbocycles. The van der Waals surface area contributed by atoms with Gasteiger partial charge in [0.25, 0.3) is 5.88 Å². The molecule has 50 heavy (non-hydrogen) atoms. The minimum Gasteiger partial charge on any atom is -0.488 e. The number of hydrogen-bond acceptors (Lipinski definition) is 11. The molecule has 4 N–H and O–H groups in total. The molecule has 1 fully saturated rings. The van der Waals surface area contributed by atoms with Crippen molar-refractivity contribution >= 4 is 18.1 Å². The zero-order valence-electron chi connectivity index (χ0n) is 31.5. The fraction of sp³-hybridized carbons (Fsp3) is 0.778. The molecule has 3 amide bonds. The van der Waals surface area contributed by atoms with Crippen LogP contribution in [0.4, 0.5) is 9.59 Å². The van der Waals surface area contributed by atoms with Gasteiger partial charge in [0.05, 0.1) is 32.0 Å². The van der Waals surface area contributed by atoms with Gasteiger partial charge in [-0.1, -0.05) is 27.7 Å². The van der Waals surface area contributed by atoms with Gasteiger partial charge in [-0.2, -0.15) is 0 Å². The SMILES string of the molecule is COCCCCOc1cccnc1OC(=O)NC[C@@H](C[C@H](NC(=O)OC(C)(C)C)[C@@H](O)C[C@H](C(=O)NCCN1CCOCC1)C(C)C)C(C)C. The van der Waals surface area contributed by atoms with Crippen LogP contribution < -0.4 is 25.4 Å². The lowest BCUT2D eigenvalue weighted by Crippen LogP contribution is -2.50. The van der Waals surface area contributed by atoms with Gasteiger partial charge in [-0.15, -0.1) is 0 Å². The highest BCUT2D eigenvalue weighted by Gasteiger charge is 2.33. The Kier molecular flexibility index (Phi) is 19.4. The Hall–Kier alpha value is -3.20. The van der Waals surface area contributed by atoms with Gasteiger partial charge in [0.15, 0.2) is 5.75 Å². The second-order valence-corrected chi connectivity index (χ2v) is 14.5. The fourth-order valence-corrected chi connectivity index (χ4v) is 5.52. The van der Waals surface area contributed by atoms with E-state index in [1.165, 1.54) is 6.20 Å². The maximum atomic E-state index is 13.3. The number of rotatable bonds is 21. The Morgan fingerprint density at radius 1 is 1.00 bits per heavy atom. The summed E-state index contributed by atoms with van der Waals surface area (Å²) in [5.41, 5.74) is -0.749. The fourth-order valence-electron chi connectivity index (χ4n) is 5.52. The molecule has 286 valence electrons. The van der Waals surface area contributed by atoms with E-state index < -0.39 is 35.9 Å². The number of methoxy groups -OCH3 is 1. The number of carbonyl (C=O) groups is 3. The van der Waals surface area contributed by atoms with E-state index in [0.717, 1.165) is 32.5 Å². The quantitative estimate of drug-likeness (QED) is 0.136. The van der Waals surface area contributed by atoms with Gasteiger partial charge >= 0.3 is 12.2 Å². The van der Waals surface area contributed by atoms with Crippen molar-refractivity contribution in [1.29, 1.82) is 0 Å². The van der Waals surface area contributed by atoms with E-state index in [0.29, 0.717) is 45.1 Å². The number of pyridine rings is 1. The highest BCUT2D eigenvalue weighted by atomic mass is 16.6. The molecule has 1 aliphatic heterocycles. The number of ether oxygens (including phenoxy) is 5. The van der Waals surface area contributed by atoms with Crippen LogP contribution in [-0.4, -0.2) is 117 Å². The first-order valence-electron chi connectivity index (χ1n) is 18.0. The maximum absolute atomic E-state index is 13.3.